The largest absolute Gasteiger partial charge is 0.0654 e. The maximum atomic E-state index is 3.94. The van der Waals surface area contributed by atoms with Crippen molar-refractivity contribution in [1.82, 2.24) is 0 Å². The van der Waals surface area contributed by atoms with Crippen LogP contribution >= 0.6 is 0 Å². The third-order valence-corrected chi connectivity index (χ3v) is 11.1. The molecule has 0 aromatic heterocycles. The molecule has 0 heteroatoms. The van der Waals surface area contributed by atoms with Crippen LogP contribution in [-0.2, 0) is 0 Å². The van der Waals surface area contributed by atoms with Crippen LogP contribution in [0.25, 0.3) is 0 Å². The summed E-state index contributed by atoms with van der Waals surface area (Å²) in [5, 5.41) is 0. The highest BCUT2D eigenvalue weighted by molar-refractivity contribution is 4.54. The lowest BCUT2D eigenvalue weighted by atomic mass is 10.0. The Labute approximate surface area is 302 Å². The van der Waals surface area contributed by atoms with Crippen LogP contribution in [0.15, 0.2) is 0 Å². The van der Waals surface area contributed by atoms with Crippen LogP contribution in [0.5, 0.6) is 0 Å². The van der Waals surface area contributed by atoms with Gasteiger partial charge in [-0.2, -0.15) is 0 Å². The highest BCUT2D eigenvalue weighted by Crippen LogP contribution is 2.18. The average Bonchev–Trinajstić information content (AvgIpc) is 3.08. The van der Waals surface area contributed by atoms with Crippen molar-refractivity contribution in [1.29, 1.82) is 0 Å². The molecule has 0 bridgehead atoms. The minimum Gasteiger partial charge on any atom is -0.0654 e. The Morgan fingerprint density at radius 3 is 0.383 bits per heavy atom. The molecule has 0 unspecified atom stereocenters. The van der Waals surface area contributed by atoms with E-state index in [1.54, 1.807) is 0 Å². The predicted molar refractivity (Wildman–Crippen MR) is 219 cm³/mol. The number of rotatable bonds is 44. The molecule has 47 heavy (non-hydrogen) atoms. The van der Waals surface area contributed by atoms with Crippen LogP contribution in [0.2, 0.25) is 0 Å². The van der Waals surface area contributed by atoms with E-state index in [0.29, 0.717) is 0 Å². The number of unbranched alkanes of at least 4 members (excludes halogenated alkanes) is 44. The molecule has 0 saturated carbocycles. The molecule has 0 amide bonds. The molecule has 0 N–H and O–H groups in total. The summed E-state index contributed by atoms with van der Waals surface area (Å²) in [7, 11) is 0. The van der Waals surface area contributed by atoms with Gasteiger partial charge in [0.15, 0.2) is 0 Å². The zero-order valence-electron chi connectivity index (χ0n) is 33.5. The minimum absolute atomic E-state index is 1.12. The Bertz CT molecular complexity index is 450. The van der Waals surface area contributed by atoms with Gasteiger partial charge in [0, 0.05) is 0 Å². The van der Waals surface area contributed by atoms with E-state index in [1.807, 2.05) is 0 Å². The molecule has 0 aliphatic rings. The zero-order chi connectivity index (χ0) is 33.8. The number of hydrogen-bond acceptors (Lipinski definition) is 0. The summed E-state index contributed by atoms with van der Waals surface area (Å²) in [6.07, 6.45) is 66.3. The lowest BCUT2D eigenvalue weighted by molar-refractivity contribution is 0.508. The Morgan fingerprint density at radius 1 is 0.170 bits per heavy atom. The summed E-state index contributed by atoms with van der Waals surface area (Å²) in [4.78, 5) is 0. The molecule has 0 aromatic carbocycles. The lowest BCUT2D eigenvalue weighted by Gasteiger charge is -2.05. The van der Waals surface area contributed by atoms with Crippen molar-refractivity contribution in [2.45, 2.75) is 296 Å². The topological polar surface area (TPSA) is 0 Å². The molecule has 283 valence electrons. The first-order chi connectivity index (χ1) is 23.4. The van der Waals surface area contributed by atoms with Gasteiger partial charge in [0.1, 0.15) is 0 Å². The van der Waals surface area contributed by atoms with E-state index in [1.165, 1.54) is 283 Å². The van der Waals surface area contributed by atoms with Crippen molar-refractivity contribution in [3.8, 4) is 0 Å². The first kappa shape index (κ1) is 47.0. The number of hydrogen-bond donors (Lipinski definition) is 0. The Kier molecular flexibility index (Phi) is 46.0. The molecule has 0 nitrogen and oxygen atoms in total. The van der Waals surface area contributed by atoms with Gasteiger partial charge in [-0.25, -0.2) is 0 Å². The van der Waals surface area contributed by atoms with Gasteiger partial charge in [-0.3, -0.25) is 0 Å². The predicted octanol–water partition coefficient (Wildman–Crippen LogP) is 18.4. The second-order valence-electron chi connectivity index (χ2n) is 16.1. The van der Waals surface area contributed by atoms with Crippen LogP contribution in [0.1, 0.15) is 296 Å². The van der Waals surface area contributed by atoms with Crippen LogP contribution in [0.4, 0.5) is 0 Å². The average molecular weight is 660 g/mol. The molecule has 0 saturated heterocycles. The zero-order valence-corrected chi connectivity index (χ0v) is 33.5. The first-order valence-electron chi connectivity index (χ1n) is 23.2. The summed E-state index contributed by atoms with van der Waals surface area (Å²) in [5.74, 6) is 0. The van der Waals surface area contributed by atoms with E-state index in [0.717, 1.165) is 6.42 Å². The van der Waals surface area contributed by atoms with Gasteiger partial charge in [0.05, 0.1) is 0 Å². The van der Waals surface area contributed by atoms with Gasteiger partial charge in [-0.1, -0.05) is 303 Å². The Hall–Kier alpha value is 0. The SMILES string of the molecule is [CH2]CCCCCCCCCCCCCCCCCCCCCCCCCCCCCCCCCCCCCCCCCCCCCC. The first-order valence-corrected chi connectivity index (χ1v) is 23.2. The summed E-state index contributed by atoms with van der Waals surface area (Å²) in [5.41, 5.74) is 0. The monoisotopic (exact) mass is 660 g/mol. The minimum atomic E-state index is 1.12. The molecule has 0 aliphatic heterocycles. The summed E-state index contributed by atoms with van der Waals surface area (Å²) >= 11 is 0. The molecular weight excluding hydrogens is 565 g/mol. The fourth-order valence-corrected chi connectivity index (χ4v) is 7.67. The van der Waals surface area contributed by atoms with Crippen molar-refractivity contribution in [3.63, 3.8) is 0 Å². The molecule has 0 spiro atoms. The fraction of sp³-hybridized carbons (Fsp3) is 0.979. The summed E-state index contributed by atoms with van der Waals surface area (Å²) < 4.78 is 0. The molecule has 0 fully saturated rings. The molecule has 1 radical (unpaired) electrons. The van der Waals surface area contributed by atoms with Crippen LogP contribution in [-0.4, -0.2) is 0 Å². The van der Waals surface area contributed by atoms with Gasteiger partial charge in [-0.15, -0.1) is 0 Å². The van der Waals surface area contributed by atoms with E-state index in [-0.39, 0.29) is 0 Å². The van der Waals surface area contributed by atoms with Gasteiger partial charge in [-0.05, 0) is 0 Å². The molecule has 0 aliphatic carbocycles. The third kappa shape index (κ3) is 46.0. The van der Waals surface area contributed by atoms with Gasteiger partial charge < -0.3 is 0 Å². The fourth-order valence-electron chi connectivity index (χ4n) is 7.67. The normalized spacial score (nSPS) is 11.6. The standard InChI is InChI=1S/C47H95/c1-3-5-7-9-11-13-15-17-19-21-23-25-27-29-31-33-35-37-39-41-43-45-47-46-44-42-40-38-36-34-32-30-28-26-24-22-20-18-16-14-12-10-8-6-4-2/h1,3-47H2,2H3. The van der Waals surface area contributed by atoms with Gasteiger partial charge in [0.25, 0.3) is 0 Å². The second kappa shape index (κ2) is 46.0. The van der Waals surface area contributed by atoms with Crippen LogP contribution in [0, 0.1) is 6.92 Å². The smallest absolute Gasteiger partial charge is 0.0533 e. The molecule has 0 heterocycles. The molecule has 0 rings (SSSR count). The van der Waals surface area contributed by atoms with Crippen LogP contribution in [0.3, 0.4) is 0 Å². The van der Waals surface area contributed by atoms with E-state index < -0.39 is 0 Å². The Morgan fingerprint density at radius 2 is 0.277 bits per heavy atom. The molecule has 0 atom stereocenters. The Balaban J connectivity index is 3.03. The van der Waals surface area contributed by atoms with Crippen molar-refractivity contribution < 1.29 is 0 Å². The van der Waals surface area contributed by atoms with Crippen molar-refractivity contribution in [3.05, 3.63) is 6.92 Å². The molecule has 0 aromatic rings. The van der Waals surface area contributed by atoms with E-state index in [4.69, 9.17) is 0 Å². The van der Waals surface area contributed by atoms with Crippen molar-refractivity contribution >= 4 is 0 Å². The maximum Gasteiger partial charge on any atom is -0.0533 e. The van der Waals surface area contributed by atoms with E-state index in [9.17, 15) is 0 Å². The second-order valence-corrected chi connectivity index (χ2v) is 16.1. The van der Waals surface area contributed by atoms with Crippen molar-refractivity contribution in [2.24, 2.45) is 0 Å². The highest BCUT2D eigenvalue weighted by atomic mass is 14.0. The van der Waals surface area contributed by atoms with Crippen LogP contribution < -0.4 is 0 Å². The van der Waals surface area contributed by atoms with E-state index >= 15 is 0 Å². The summed E-state index contributed by atoms with van der Waals surface area (Å²) in [6, 6.07) is 0. The summed E-state index contributed by atoms with van der Waals surface area (Å²) in [6.45, 7) is 6.25. The van der Waals surface area contributed by atoms with Gasteiger partial charge in [0.2, 0.25) is 0 Å². The molecular formula is C47H95. The lowest BCUT2D eigenvalue weighted by Crippen LogP contribution is -1.85. The van der Waals surface area contributed by atoms with Crippen molar-refractivity contribution in [2.75, 3.05) is 0 Å². The van der Waals surface area contributed by atoms with Gasteiger partial charge >= 0.3 is 0 Å². The highest BCUT2D eigenvalue weighted by Gasteiger charge is 1.98. The third-order valence-electron chi connectivity index (χ3n) is 11.1. The van der Waals surface area contributed by atoms with E-state index in [2.05, 4.69) is 13.8 Å². The maximum absolute atomic E-state index is 3.94. The quantitative estimate of drug-likeness (QED) is 0.0571.